The minimum absolute atomic E-state index is 0.129. The summed E-state index contributed by atoms with van der Waals surface area (Å²) >= 11 is 3.43. The number of nitrogens with zero attached hydrogens (tertiary/aromatic N) is 2. The predicted molar refractivity (Wildman–Crippen MR) is 81.1 cm³/mol. The molecule has 0 aromatic carbocycles. The molecule has 0 radical (unpaired) electrons. The van der Waals surface area contributed by atoms with Gasteiger partial charge >= 0.3 is 0 Å². The number of nitriles is 1. The first-order valence-electron chi connectivity index (χ1n) is 6.33. The van der Waals surface area contributed by atoms with Crippen LogP contribution >= 0.6 is 23.1 Å². The van der Waals surface area contributed by atoms with Gasteiger partial charge in [0.05, 0.1) is 16.6 Å². The zero-order valence-electron chi connectivity index (χ0n) is 10.7. The molecular weight excluding hydrogens is 288 g/mol. The molecule has 5 heteroatoms. The molecule has 1 unspecified atom stereocenters. The van der Waals surface area contributed by atoms with Crippen LogP contribution in [0.1, 0.15) is 31.7 Å². The number of ketones is 1. The third kappa shape index (κ3) is 2.49. The van der Waals surface area contributed by atoms with Crippen LogP contribution in [0.25, 0.3) is 0 Å². The zero-order chi connectivity index (χ0) is 13.9. The lowest BCUT2D eigenvalue weighted by Crippen LogP contribution is -2.11. The summed E-state index contributed by atoms with van der Waals surface area (Å²) < 4.78 is 0. The molecule has 1 aliphatic heterocycles. The molecule has 0 N–H and O–H groups in total. The Morgan fingerprint density at radius 1 is 1.45 bits per heavy atom. The second kappa shape index (κ2) is 5.78. The summed E-state index contributed by atoms with van der Waals surface area (Å²) in [4.78, 5) is 18.7. The van der Waals surface area contributed by atoms with Crippen LogP contribution in [-0.4, -0.2) is 16.5 Å². The van der Waals surface area contributed by atoms with Gasteiger partial charge in [-0.1, -0.05) is 6.07 Å². The molecule has 20 heavy (non-hydrogen) atoms. The van der Waals surface area contributed by atoms with Crippen LogP contribution in [0.15, 0.2) is 30.5 Å². The average Bonchev–Trinajstić information content (AvgIpc) is 2.93. The van der Waals surface area contributed by atoms with Crippen molar-refractivity contribution >= 4 is 28.9 Å². The van der Waals surface area contributed by atoms with E-state index in [1.165, 1.54) is 10.4 Å². The van der Waals surface area contributed by atoms with Gasteiger partial charge in [-0.25, -0.2) is 0 Å². The minimum atomic E-state index is -0.802. The van der Waals surface area contributed by atoms with Gasteiger partial charge in [0.2, 0.25) is 0 Å². The summed E-state index contributed by atoms with van der Waals surface area (Å²) in [6.07, 6.45) is 2.64. The number of Topliss-reactive ketones (excluding diaryl/α,β-unsaturated/α-hetero) is 1. The van der Waals surface area contributed by atoms with E-state index in [4.69, 9.17) is 0 Å². The number of hydrogen-bond acceptors (Lipinski definition) is 5. The van der Waals surface area contributed by atoms with Gasteiger partial charge in [0.15, 0.2) is 11.7 Å². The number of thioether (sulfide) groups is 1. The van der Waals surface area contributed by atoms with Crippen LogP contribution in [0.3, 0.4) is 0 Å². The molecule has 0 saturated heterocycles. The van der Waals surface area contributed by atoms with Crippen LogP contribution < -0.4 is 0 Å². The van der Waals surface area contributed by atoms with Crippen molar-refractivity contribution in [2.75, 3.05) is 5.75 Å². The van der Waals surface area contributed by atoms with E-state index in [0.29, 0.717) is 10.6 Å². The molecular formula is C15H12N2OS2. The lowest BCUT2D eigenvalue weighted by Gasteiger charge is -2.08. The lowest BCUT2D eigenvalue weighted by molar-refractivity contribution is 0.0981. The molecule has 0 spiro atoms. The van der Waals surface area contributed by atoms with E-state index in [2.05, 4.69) is 11.1 Å². The monoisotopic (exact) mass is 300 g/mol. The first-order chi connectivity index (χ1) is 9.79. The zero-order valence-corrected chi connectivity index (χ0v) is 12.3. The average molecular weight is 300 g/mol. The van der Waals surface area contributed by atoms with Crippen LogP contribution in [0.5, 0.6) is 0 Å². The smallest absolute Gasteiger partial charge is 0.195 e. The van der Waals surface area contributed by atoms with E-state index in [9.17, 15) is 10.1 Å². The van der Waals surface area contributed by atoms with E-state index < -0.39 is 5.92 Å². The summed E-state index contributed by atoms with van der Waals surface area (Å²) in [5, 5.41) is 9.30. The van der Waals surface area contributed by atoms with Crippen molar-refractivity contribution in [2.24, 2.45) is 0 Å². The topological polar surface area (TPSA) is 53.8 Å². The van der Waals surface area contributed by atoms with Gasteiger partial charge < -0.3 is 0 Å². The van der Waals surface area contributed by atoms with Gasteiger partial charge in [-0.05, 0) is 35.9 Å². The van der Waals surface area contributed by atoms with Crippen molar-refractivity contribution in [3.63, 3.8) is 0 Å². The number of carbonyl (C=O) groups is 1. The van der Waals surface area contributed by atoms with Crippen LogP contribution in [0, 0.1) is 11.3 Å². The third-order valence-electron chi connectivity index (χ3n) is 3.25. The SMILES string of the molecule is N#CC(C(=O)c1cc2c(s1)CCSC2)c1ccccn1. The second-order valence-electron chi connectivity index (χ2n) is 4.54. The molecule has 2 aromatic rings. The van der Waals surface area contributed by atoms with Gasteiger partial charge in [0, 0.05) is 16.8 Å². The number of thiophene rings is 1. The molecule has 3 nitrogen and oxygen atoms in total. The molecule has 0 fully saturated rings. The van der Waals surface area contributed by atoms with Crippen LogP contribution in [0.4, 0.5) is 0 Å². The Bertz CT molecular complexity index is 649. The highest BCUT2D eigenvalue weighted by Gasteiger charge is 2.26. The second-order valence-corrected chi connectivity index (χ2v) is 6.78. The maximum absolute atomic E-state index is 12.5. The minimum Gasteiger partial charge on any atom is -0.291 e. The number of aryl methyl sites for hydroxylation is 1. The summed E-state index contributed by atoms with van der Waals surface area (Å²) in [5.41, 5.74) is 1.79. The maximum Gasteiger partial charge on any atom is 0.195 e. The molecule has 2 aromatic heterocycles. The summed E-state index contributed by atoms with van der Waals surface area (Å²) in [5.74, 6) is 1.16. The fourth-order valence-corrected chi connectivity index (χ4v) is 4.56. The molecule has 0 bridgehead atoms. The summed E-state index contributed by atoms with van der Waals surface area (Å²) in [6.45, 7) is 0. The molecule has 1 atom stereocenters. The molecule has 0 saturated carbocycles. The number of rotatable bonds is 3. The Kier molecular flexibility index (Phi) is 3.86. The third-order valence-corrected chi connectivity index (χ3v) is 5.50. The lowest BCUT2D eigenvalue weighted by atomic mass is 9.99. The maximum atomic E-state index is 12.5. The van der Waals surface area contributed by atoms with Crippen molar-refractivity contribution in [2.45, 2.75) is 18.1 Å². The van der Waals surface area contributed by atoms with E-state index in [-0.39, 0.29) is 5.78 Å². The molecule has 0 amide bonds. The van der Waals surface area contributed by atoms with Crippen molar-refractivity contribution in [1.29, 1.82) is 5.26 Å². The Hall–Kier alpha value is -1.64. The Morgan fingerprint density at radius 2 is 2.35 bits per heavy atom. The fourth-order valence-electron chi connectivity index (χ4n) is 2.22. The van der Waals surface area contributed by atoms with Crippen LogP contribution in [-0.2, 0) is 12.2 Å². The number of pyridine rings is 1. The molecule has 0 aliphatic carbocycles. The van der Waals surface area contributed by atoms with Crippen molar-refractivity contribution in [1.82, 2.24) is 4.98 Å². The quantitative estimate of drug-likeness (QED) is 0.815. The van der Waals surface area contributed by atoms with Gasteiger partial charge in [-0.2, -0.15) is 17.0 Å². The number of hydrogen-bond donors (Lipinski definition) is 0. The normalized spacial score (nSPS) is 15.2. The highest BCUT2D eigenvalue weighted by Crippen LogP contribution is 2.33. The predicted octanol–water partition coefficient (Wildman–Crippen LogP) is 3.42. The molecule has 1 aliphatic rings. The Balaban J connectivity index is 1.91. The van der Waals surface area contributed by atoms with Crippen LogP contribution in [0.2, 0.25) is 0 Å². The summed E-state index contributed by atoms with van der Waals surface area (Å²) in [6, 6.07) is 9.36. The van der Waals surface area contributed by atoms with Gasteiger partial charge in [0.25, 0.3) is 0 Å². The Labute approximate surface area is 125 Å². The number of fused-ring (bicyclic) bond motifs is 1. The van der Waals surface area contributed by atoms with Crippen molar-refractivity contribution < 1.29 is 4.79 Å². The van der Waals surface area contributed by atoms with E-state index >= 15 is 0 Å². The van der Waals surface area contributed by atoms with E-state index in [1.807, 2.05) is 17.8 Å². The number of carbonyl (C=O) groups excluding carboxylic acids is 1. The fraction of sp³-hybridized carbons (Fsp3) is 0.267. The van der Waals surface area contributed by atoms with Crippen molar-refractivity contribution in [3.8, 4) is 6.07 Å². The largest absolute Gasteiger partial charge is 0.291 e. The van der Waals surface area contributed by atoms with Gasteiger partial charge in [-0.15, -0.1) is 11.3 Å². The van der Waals surface area contributed by atoms with Gasteiger partial charge in [-0.3, -0.25) is 9.78 Å². The molecule has 3 heterocycles. The van der Waals surface area contributed by atoms with E-state index in [1.54, 1.807) is 35.7 Å². The first kappa shape index (κ1) is 13.3. The first-order valence-corrected chi connectivity index (χ1v) is 8.31. The number of aromatic nitrogens is 1. The van der Waals surface area contributed by atoms with E-state index in [0.717, 1.165) is 17.9 Å². The highest BCUT2D eigenvalue weighted by molar-refractivity contribution is 7.98. The molecule has 3 rings (SSSR count). The van der Waals surface area contributed by atoms with Crippen molar-refractivity contribution in [3.05, 3.63) is 51.5 Å². The standard InChI is InChI=1S/C15H12N2OS2/c16-8-11(12-3-1-2-5-17-12)15(18)14-7-10-9-19-6-4-13(10)20-14/h1-3,5,7,11H,4,6,9H2. The van der Waals surface area contributed by atoms with Gasteiger partial charge in [0.1, 0.15) is 0 Å². The highest BCUT2D eigenvalue weighted by atomic mass is 32.2. The summed E-state index contributed by atoms with van der Waals surface area (Å²) in [7, 11) is 0. The molecule has 100 valence electrons. The Morgan fingerprint density at radius 3 is 3.05 bits per heavy atom.